The van der Waals surface area contributed by atoms with Gasteiger partial charge in [-0.25, -0.2) is 0 Å². The van der Waals surface area contributed by atoms with Crippen molar-refractivity contribution in [1.29, 1.82) is 0 Å². The van der Waals surface area contributed by atoms with E-state index in [9.17, 15) is 0 Å². The summed E-state index contributed by atoms with van der Waals surface area (Å²) < 4.78 is 5.57. The molecule has 0 bridgehead atoms. The van der Waals surface area contributed by atoms with Crippen molar-refractivity contribution in [2.24, 2.45) is 11.8 Å². The third-order valence-electron chi connectivity index (χ3n) is 3.76. The molecule has 1 aromatic heterocycles. The number of nitrogens with zero attached hydrogens (tertiary/aromatic N) is 2. The highest BCUT2D eigenvalue weighted by atomic mass is 32.1. The number of anilines is 1. The van der Waals surface area contributed by atoms with E-state index in [2.05, 4.69) is 33.9 Å². The van der Waals surface area contributed by atoms with Gasteiger partial charge in [0, 0.05) is 32.2 Å². The Hall–Kier alpha value is -0.940. The van der Waals surface area contributed by atoms with Crippen LogP contribution in [0.1, 0.15) is 6.92 Å². The van der Waals surface area contributed by atoms with Crippen LogP contribution in [0.4, 0.5) is 5.69 Å². The van der Waals surface area contributed by atoms with Crippen LogP contribution >= 0.6 is 12.6 Å². The van der Waals surface area contributed by atoms with Gasteiger partial charge in [0.05, 0.1) is 18.1 Å². The molecular formula is C13H19N3OS. The summed E-state index contributed by atoms with van der Waals surface area (Å²) in [6, 6.07) is 2.06. The van der Waals surface area contributed by atoms with Crippen LogP contribution < -0.4 is 15.0 Å². The third-order valence-corrected chi connectivity index (χ3v) is 3.87. The topological polar surface area (TPSA) is 37.4 Å². The number of rotatable bonds is 3. The number of nitrogens with one attached hydrogen (secondary N) is 1. The second kappa shape index (κ2) is 4.97. The zero-order valence-electron chi connectivity index (χ0n) is 10.5. The minimum atomic E-state index is -0.107. The first kappa shape index (κ1) is 12.1. The summed E-state index contributed by atoms with van der Waals surface area (Å²) in [5.41, 5.74) is 1.06. The Labute approximate surface area is 113 Å². The standard InChI is InChI=1S/C13H19N3OS/c1-9(18)17-13-2-12(5-15-6-13)16-7-10-3-14-4-11(10)8-16/h2,5-6,9-11,14,18H,3-4,7-8H2,1H3. The molecule has 1 N–H and O–H groups in total. The minimum absolute atomic E-state index is 0.107. The van der Waals surface area contributed by atoms with E-state index in [1.807, 2.05) is 13.1 Å². The van der Waals surface area contributed by atoms with E-state index in [4.69, 9.17) is 4.74 Å². The van der Waals surface area contributed by atoms with Crippen LogP contribution in [0.15, 0.2) is 18.5 Å². The molecule has 2 aliphatic rings. The Balaban J connectivity index is 1.72. The molecule has 2 aliphatic heterocycles. The zero-order valence-corrected chi connectivity index (χ0v) is 11.4. The molecule has 3 atom stereocenters. The average Bonchev–Trinajstić information content (AvgIpc) is 2.88. The largest absolute Gasteiger partial charge is 0.479 e. The quantitative estimate of drug-likeness (QED) is 0.640. The van der Waals surface area contributed by atoms with Gasteiger partial charge in [0.2, 0.25) is 0 Å². The number of ether oxygens (including phenoxy) is 1. The molecule has 4 nitrogen and oxygen atoms in total. The molecule has 18 heavy (non-hydrogen) atoms. The van der Waals surface area contributed by atoms with Crippen LogP contribution in [-0.2, 0) is 0 Å². The number of hydrogen-bond donors (Lipinski definition) is 2. The average molecular weight is 265 g/mol. The molecule has 3 heterocycles. The molecule has 0 amide bonds. The molecule has 0 aliphatic carbocycles. The van der Waals surface area contributed by atoms with Gasteiger partial charge in [-0.3, -0.25) is 4.98 Å². The van der Waals surface area contributed by atoms with Gasteiger partial charge in [-0.15, -0.1) is 12.6 Å². The summed E-state index contributed by atoms with van der Waals surface area (Å²) in [5, 5.41) is 3.46. The summed E-state index contributed by atoms with van der Waals surface area (Å²) in [5.74, 6) is 2.38. The van der Waals surface area contributed by atoms with Gasteiger partial charge in [0.1, 0.15) is 11.2 Å². The highest BCUT2D eigenvalue weighted by Gasteiger charge is 2.36. The predicted octanol–water partition coefficient (Wildman–Crippen LogP) is 1.39. The highest BCUT2D eigenvalue weighted by molar-refractivity contribution is 7.80. The van der Waals surface area contributed by atoms with E-state index in [1.165, 1.54) is 0 Å². The van der Waals surface area contributed by atoms with Crippen molar-refractivity contribution in [3.8, 4) is 5.75 Å². The Bertz CT molecular complexity index is 414. The first-order chi connectivity index (χ1) is 8.72. The van der Waals surface area contributed by atoms with Gasteiger partial charge in [0.25, 0.3) is 0 Å². The summed E-state index contributed by atoms with van der Waals surface area (Å²) >= 11 is 4.23. The van der Waals surface area contributed by atoms with Gasteiger partial charge in [0.15, 0.2) is 0 Å². The van der Waals surface area contributed by atoms with Crippen LogP contribution in [-0.4, -0.2) is 36.6 Å². The second-order valence-corrected chi connectivity index (χ2v) is 5.91. The van der Waals surface area contributed by atoms with E-state index in [1.54, 1.807) is 6.20 Å². The maximum Gasteiger partial charge on any atom is 0.141 e. The Kier molecular flexibility index (Phi) is 3.35. The fraction of sp³-hybridized carbons (Fsp3) is 0.615. The lowest BCUT2D eigenvalue weighted by Crippen LogP contribution is -2.25. The lowest BCUT2D eigenvalue weighted by atomic mass is 10.0. The lowest BCUT2D eigenvalue weighted by molar-refractivity contribution is 0.309. The molecule has 1 aromatic rings. The van der Waals surface area contributed by atoms with E-state index in [0.29, 0.717) is 0 Å². The fourth-order valence-electron chi connectivity index (χ4n) is 2.91. The minimum Gasteiger partial charge on any atom is -0.479 e. The lowest BCUT2D eigenvalue weighted by Gasteiger charge is -2.20. The molecule has 0 radical (unpaired) electrons. The molecule has 3 rings (SSSR count). The second-order valence-electron chi connectivity index (χ2n) is 5.18. The SMILES string of the molecule is CC(S)Oc1cncc(N2CC3CNCC3C2)c1. The van der Waals surface area contributed by atoms with Crippen molar-refractivity contribution >= 4 is 18.3 Å². The van der Waals surface area contributed by atoms with Crippen LogP contribution in [0.2, 0.25) is 0 Å². The maximum atomic E-state index is 5.57. The summed E-state index contributed by atoms with van der Waals surface area (Å²) in [7, 11) is 0. The Morgan fingerprint density at radius 1 is 1.39 bits per heavy atom. The summed E-state index contributed by atoms with van der Waals surface area (Å²) in [4.78, 5) is 6.68. The number of hydrogen-bond acceptors (Lipinski definition) is 5. The smallest absolute Gasteiger partial charge is 0.141 e. The first-order valence-corrected chi connectivity index (χ1v) is 6.99. The maximum absolute atomic E-state index is 5.57. The third kappa shape index (κ3) is 2.42. The Morgan fingerprint density at radius 2 is 2.11 bits per heavy atom. The molecule has 2 fully saturated rings. The van der Waals surface area contributed by atoms with Gasteiger partial charge in [-0.05, 0) is 18.8 Å². The summed E-state index contributed by atoms with van der Waals surface area (Å²) in [6.07, 6.45) is 3.67. The molecule has 5 heteroatoms. The van der Waals surface area contributed by atoms with Crippen LogP contribution in [0.25, 0.3) is 0 Å². The fourth-order valence-corrected chi connectivity index (χ4v) is 3.03. The van der Waals surface area contributed by atoms with E-state index < -0.39 is 0 Å². The van der Waals surface area contributed by atoms with E-state index >= 15 is 0 Å². The van der Waals surface area contributed by atoms with Crippen LogP contribution in [0.3, 0.4) is 0 Å². The van der Waals surface area contributed by atoms with Gasteiger partial charge in [-0.2, -0.15) is 0 Å². The van der Waals surface area contributed by atoms with Crippen molar-refractivity contribution in [3.63, 3.8) is 0 Å². The molecule has 0 saturated carbocycles. The van der Waals surface area contributed by atoms with E-state index in [0.717, 1.165) is 49.5 Å². The van der Waals surface area contributed by atoms with Crippen molar-refractivity contribution in [1.82, 2.24) is 10.3 Å². The molecule has 0 aromatic carbocycles. The van der Waals surface area contributed by atoms with Crippen LogP contribution in [0.5, 0.6) is 5.75 Å². The predicted molar refractivity (Wildman–Crippen MR) is 75.4 cm³/mol. The molecule has 3 unspecified atom stereocenters. The van der Waals surface area contributed by atoms with Crippen molar-refractivity contribution in [2.45, 2.75) is 12.4 Å². The Morgan fingerprint density at radius 3 is 2.78 bits per heavy atom. The van der Waals surface area contributed by atoms with Crippen LogP contribution in [0, 0.1) is 11.8 Å². The number of fused-ring (bicyclic) bond motifs is 1. The van der Waals surface area contributed by atoms with Gasteiger partial charge >= 0.3 is 0 Å². The first-order valence-electron chi connectivity index (χ1n) is 6.48. The molecule has 2 saturated heterocycles. The van der Waals surface area contributed by atoms with Gasteiger partial charge < -0.3 is 15.0 Å². The number of aromatic nitrogens is 1. The van der Waals surface area contributed by atoms with Crippen molar-refractivity contribution in [3.05, 3.63) is 18.5 Å². The highest BCUT2D eigenvalue weighted by Crippen LogP contribution is 2.31. The van der Waals surface area contributed by atoms with Gasteiger partial charge in [-0.1, -0.05) is 0 Å². The normalized spacial score (nSPS) is 28.2. The molecular weight excluding hydrogens is 246 g/mol. The summed E-state index contributed by atoms with van der Waals surface area (Å²) in [6.45, 7) is 6.46. The number of pyridine rings is 1. The monoisotopic (exact) mass is 265 g/mol. The number of thiol groups is 1. The van der Waals surface area contributed by atoms with Crippen molar-refractivity contribution < 1.29 is 4.74 Å². The zero-order chi connectivity index (χ0) is 12.5. The van der Waals surface area contributed by atoms with E-state index in [-0.39, 0.29) is 5.44 Å². The molecule has 0 spiro atoms. The molecule has 98 valence electrons. The van der Waals surface area contributed by atoms with Crippen molar-refractivity contribution in [2.75, 3.05) is 31.1 Å².